The summed E-state index contributed by atoms with van der Waals surface area (Å²) >= 11 is 1.93. The Morgan fingerprint density at radius 2 is 2.09 bits per heavy atom. The number of hydrogen-bond donors (Lipinski definition) is 2. The predicted octanol–water partition coefficient (Wildman–Crippen LogP) is 5.75. The van der Waals surface area contributed by atoms with Crippen LogP contribution in [-0.2, 0) is 6.54 Å². The number of hydrogen-bond acceptors (Lipinski definition) is 5. The van der Waals surface area contributed by atoms with Crippen molar-refractivity contribution in [2.45, 2.75) is 82.3 Å². The standard InChI is InChI=1S/C28H41N5S/c1-6-27(3,4)32-28(14-9-15-28)20-30-26(23-18-21(2)12-13-24(23)29-5)31-33-16-17-34-25-11-8-7-10-22(25)19-33/h7-8,10-11,13,18,21,32H,5-6,9,12,14-17,19-20H2,1-4H3,(H,30,31). The normalized spacial score (nSPS) is 23.2. The molecule has 1 unspecified atom stereocenters. The second-order valence-electron chi connectivity index (χ2n) is 10.7. The fourth-order valence-electron chi connectivity index (χ4n) is 4.91. The minimum atomic E-state index is 0.0833. The maximum Gasteiger partial charge on any atom is 0.144 e. The number of allylic oxidation sites excluding steroid dienone is 2. The lowest BCUT2D eigenvalue weighted by molar-refractivity contribution is 0.138. The molecule has 1 saturated carbocycles. The summed E-state index contributed by atoms with van der Waals surface area (Å²) in [6, 6.07) is 8.73. The number of amidine groups is 1. The summed E-state index contributed by atoms with van der Waals surface area (Å²) in [7, 11) is 0. The molecule has 1 heterocycles. The molecular formula is C28H41N5S. The number of nitrogens with one attached hydrogen (secondary N) is 2. The maximum atomic E-state index is 5.27. The number of hydrazine groups is 1. The van der Waals surface area contributed by atoms with E-state index in [1.807, 2.05) is 11.8 Å². The van der Waals surface area contributed by atoms with Crippen molar-refractivity contribution in [3.8, 4) is 0 Å². The minimum absolute atomic E-state index is 0.0833. The van der Waals surface area contributed by atoms with Gasteiger partial charge in [0.1, 0.15) is 5.84 Å². The van der Waals surface area contributed by atoms with Gasteiger partial charge in [-0.1, -0.05) is 44.2 Å². The summed E-state index contributed by atoms with van der Waals surface area (Å²) in [5, 5.41) is 6.27. The van der Waals surface area contributed by atoms with Gasteiger partial charge in [-0.15, -0.1) is 11.8 Å². The average Bonchev–Trinajstić information content (AvgIpc) is 3.01. The van der Waals surface area contributed by atoms with Crippen molar-refractivity contribution < 1.29 is 0 Å². The monoisotopic (exact) mass is 479 g/mol. The van der Waals surface area contributed by atoms with Crippen molar-refractivity contribution in [3.05, 3.63) is 53.3 Å². The molecule has 1 aromatic carbocycles. The summed E-state index contributed by atoms with van der Waals surface area (Å²) in [5.74, 6) is 2.44. The van der Waals surface area contributed by atoms with Crippen LogP contribution in [0.25, 0.3) is 0 Å². The van der Waals surface area contributed by atoms with E-state index in [4.69, 9.17) is 4.99 Å². The first kappa shape index (κ1) is 25.2. The molecule has 1 fully saturated rings. The lowest BCUT2D eigenvalue weighted by atomic mass is 9.75. The van der Waals surface area contributed by atoms with E-state index in [0.29, 0.717) is 5.92 Å². The topological polar surface area (TPSA) is 52.0 Å². The summed E-state index contributed by atoms with van der Waals surface area (Å²) < 4.78 is 0. The van der Waals surface area contributed by atoms with Gasteiger partial charge in [-0.2, -0.15) is 0 Å². The Morgan fingerprint density at radius 1 is 1.29 bits per heavy atom. The number of aliphatic imine (C=N–C) groups is 2. The van der Waals surface area contributed by atoms with Crippen LogP contribution < -0.4 is 10.7 Å². The Balaban J connectivity index is 1.61. The van der Waals surface area contributed by atoms with Gasteiger partial charge >= 0.3 is 0 Å². The number of nitrogens with zero attached hydrogens (tertiary/aromatic N) is 3. The number of benzene rings is 1. The highest BCUT2D eigenvalue weighted by Gasteiger charge is 2.40. The van der Waals surface area contributed by atoms with Gasteiger partial charge in [0.2, 0.25) is 0 Å². The SMILES string of the molecule is C=NC1=CCC(C)C=C1C(=NCC1(NC(C)(C)CC)CCC1)NN1CCSc2ccccc2C1. The van der Waals surface area contributed by atoms with E-state index < -0.39 is 0 Å². The Kier molecular flexibility index (Phi) is 8.01. The van der Waals surface area contributed by atoms with Crippen molar-refractivity contribution >= 4 is 24.3 Å². The average molecular weight is 480 g/mol. The Morgan fingerprint density at radius 3 is 2.79 bits per heavy atom. The van der Waals surface area contributed by atoms with Gasteiger partial charge in [0.25, 0.3) is 0 Å². The second kappa shape index (κ2) is 10.8. The molecule has 1 atom stereocenters. The highest BCUT2D eigenvalue weighted by molar-refractivity contribution is 7.99. The zero-order valence-electron chi connectivity index (χ0n) is 21.4. The maximum absolute atomic E-state index is 5.27. The number of rotatable bonds is 8. The molecule has 34 heavy (non-hydrogen) atoms. The fraction of sp³-hybridized carbons (Fsp3) is 0.571. The van der Waals surface area contributed by atoms with Crippen LogP contribution in [-0.4, -0.2) is 47.5 Å². The van der Waals surface area contributed by atoms with Crippen LogP contribution in [0.3, 0.4) is 0 Å². The van der Waals surface area contributed by atoms with Crippen molar-refractivity contribution in [1.82, 2.24) is 15.8 Å². The first-order chi connectivity index (χ1) is 16.3. The molecule has 0 amide bonds. The largest absolute Gasteiger partial charge is 0.305 e. The Labute approximate surface area is 210 Å². The van der Waals surface area contributed by atoms with Crippen molar-refractivity contribution in [1.29, 1.82) is 0 Å². The molecule has 184 valence electrons. The van der Waals surface area contributed by atoms with E-state index in [1.54, 1.807) is 0 Å². The molecular weight excluding hydrogens is 438 g/mol. The molecule has 0 bridgehead atoms. The van der Waals surface area contributed by atoms with Crippen molar-refractivity contribution in [3.63, 3.8) is 0 Å². The lowest BCUT2D eigenvalue weighted by Crippen LogP contribution is -2.61. The first-order valence-corrected chi connectivity index (χ1v) is 13.8. The van der Waals surface area contributed by atoms with Crippen LogP contribution in [0.15, 0.2) is 62.6 Å². The summed E-state index contributed by atoms with van der Waals surface area (Å²) in [6.45, 7) is 15.6. The molecule has 1 aliphatic heterocycles. The van der Waals surface area contributed by atoms with E-state index >= 15 is 0 Å². The van der Waals surface area contributed by atoms with Gasteiger partial charge in [-0.05, 0) is 70.2 Å². The van der Waals surface area contributed by atoms with Crippen molar-refractivity contribution in [2.75, 3.05) is 18.8 Å². The number of fused-ring (bicyclic) bond motifs is 1. The summed E-state index contributed by atoms with van der Waals surface area (Å²) in [6.07, 6.45) is 10.2. The van der Waals surface area contributed by atoms with E-state index in [2.05, 4.69) is 91.6 Å². The summed E-state index contributed by atoms with van der Waals surface area (Å²) in [5.41, 5.74) is 7.32. The molecule has 5 nitrogen and oxygen atoms in total. The molecule has 0 aromatic heterocycles. The quantitative estimate of drug-likeness (QED) is 0.368. The van der Waals surface area contributed by atoms with Crippen LogP contribution >= 0.6 is 11.8 Å². The predicted molar refractivity (Wildman–Crippen MR) is 147 cm³/mol. The van der Waals surface area contributed by atoms with Crippen LogP contribution in [0, 0.1) is 5.92 Å². The Hall–Kier alpha value is -1.89. The molecule has 0 saturated heterocycles. The highest BCUT2D eigenvalue weighted by atomic mass is 32.2. The summed E-state index contributed by atoms with van der Waals surface area (Å²) in [4.78, 5) is 11.0. The zero-order valence-corrected chi connectivity index (χ0v) is 22.2. The van der Waals surface area contributed by atoms with E-state index in [1.165, 1.54) is 29.7 Å². The molecule has 3 aliphatic rings. The minimum Gasteiger partial charge on any atom is -0.305 e. The molecule has 4 rings (SSSR count). The third-order valence-electron chi connectivity index (χ3n) is 7.39. The molecule has 0 radical (unpaired) electrons. The third-order valence-corrected chi connectivity index (χ3v) is 8.49. The molecule has 2 aliphatic carbocycles. The molecule has 2 N–H and O–H groups in total. The number of thioether (sulfide) groups is 1. The van der Waals surface area contributed by atoms with Crippen LogP contribution in [0.4, 0.5) is 0 Å². The molecule has 0 spiro atoms. The van der Waals surface area contributed by atoms with Crippen LogP contribution in [0.5, 0.6) is 0 Å². The van der Waals surface area contributed by atoms with E-state index in [-0.39, 0.29) is 11.1 Å². The Bertz CT molecular complexity index is 973. The lowest BCUT2D eigenvalue weighted by Gasteiger charge is -2.47. The fourth-order valence-corrected chi connectivity index (χ4v) is 5.93. The van der Waals surface area contributed by atoms with Crippen LogP contribution in [0.1, 0.15) is 65.4 Å². The smallest absolute Gasteiger partial charge is 0.144 e. The van der Waals surface area contributed by atoms with Crippen LogP contribution in [0.2, 0.25) is 0 Å². The van der Waals surface area contributed by atoms with Gasteiger partial charge in [-0.3, -0.25) is 9.98 Å². The van der Waals surface area contributed by atoms with Gasteiger partial charge < -0.3 is 10.7 Å². The van der Waals surface area contributed by atoms with E-state index in [9.17, 15) is 0 Å². The molecule has 1 aromatic rings. The van der Waals surface area contributed by atoms with E-state index in [0.717, 1.165) is 55.3 Å². The van der Waals surface area contributed by atoms with Gasteiger partial charge in [0.15, 0.2) is 0 Å². The highest BCUT2D eigenvalue weighted by Crippen LogP contribution is 2.35. The third kappa shape index (κ3) is 6.02. The van der Waals surface area contributed by atoms with Crippen molar-refractivity contribution in [2.24, 2.45) is 15.9 Å². The second-order valence-corrected chi connectivity index (χ2v) is 11.8. The van der Waals surface area contributed by atoms with Gasteiger partial charge in [0.05, 0.1) is 12.2 Å². The molecule has 6 heteroatoms. The zero-order chi connectivity index (χ0) is 24.2. The first-order valence-electron chi connectivity index (χ1n) is 12.8. The van der Waals surface area contributed by atoms with Gasteiger partial charge in [0, 0.05) is 40.4 Å². The van der Waals surface area contributed by atoms with Gasteiger partial charge in [-0.25, -0.2) is 5.01 Å².